The number of hydrogen-bond acceptors (Lipinski definition) is 8. The second-order valence-corrected chi connectivity index (χ2v) is 20.9. The van der Waals surface area contributed by atoms with Crippen LogP contribution in [0, 0.1) is 20.8 Å². The third kappa shape index (κ3) is 9.68. The van der Waals surface area contributed by atoms with Crippen LogP contribution in [0.15, 0.2) is 273 Å². The van der Waals surface area contributed by atoms with E-state index in [-0.39, 0.29) is 0 Å². The molecule has 0 aliphatic carbocycles. The summed E-state index contributed by atoms with van der Waals surface area (Å²) in [5.74, 6) is 1.79. The molecular weight excluding hydrogens is 1010 g/mol. The highest BCUT2D eigenvalue weighted by Crippen LogP contribution is 2.57. The van der Waals surface area contributed by atoms with Crippen LogP contribution in [0.25, 0.3) is 101 Å². The van der Waals surface area contributed by atoms with Gasteiger partial charge in [-0.15, -0.1) is 0 Å². The number of benzene rings is 10. The second-order valence-electron chi connectivity index (χ2n) is 20.9. The van der Waals surface area contributed by atoms with Crippen molar-refractivity contribution in [3.8, 4) is 101 Å². The molecule has 0 fully saturated rings. The lowest BCUT2D eigenvalue weighted by Crippen LogP contribution is -2.25. The molecule has 0 amide bonds. The standard InChI is InChI=1S/C75H54N8/c1-49-42-50(2)72(51(3)43-49)59-45-71(82-67-38-22-24-40-69(67)83(70-41-25-23-39-68(70)82)75-80-63(54-30-14-6-15-31-54)46-64(81-75)55-32-16-7-17-33-55)60(66-48-62(53-28-12-5-13-29-53)77-74(79-66)57-36-20-9-21-37-57)44-58(59)65-47-61(52-26-10-4-11-27-52)76-73(78-65)56-34-18-8-19-35-56/h4-48H,1-3H3. The van der Waals surface area contributed by atoms with E-state index in [9.17, 15) is 0 Å². The molecule has 13 aromatic rings. The van der Waals surface area contributed by atoms with Gasteiger partial charge in [0.05, 0.1) is 62.6 Å². The van der Waals surface area contributed by atoms with E-state index in [0.29, 0.717) is 17.6 Å². The van der Waals surface area contributed by atoms with Crippen molar-refractivity contribution in [2.45, 2.75) is 20.8 Å². The van der Waals surface area contributed by atoms with E-state index in [0.717, 1.165) is 129 Å². The van der Waals surface area contributed by atoms with Gasteiger partial charge in [0.1, 0.15) is 0 Å². The fourth-order valence-electron chi connectivity index (χ4n) is 11.6. The molecular formula is C75H54N8. The van der Waals surface area contributed by atoms with E-state index in [1.807, 2.05) is 60.7 Å². The lowest BCUT2D eigenvalue weighted by Gasteiger charge is -2.40. The van der Waals surface area contributed by atoms with Gasteiger partial charge in [-0.25, -0.2) is 29.9 Å². The molecule has 0 unspecified atom stereocenters. The Labute approximate surface area is 483 Å². The monoisotopic (exact) mass is 1070 g/mol. The number of fused-ring (bicyclic) bond motifs is 2. The van der Waals surface area contributed by atoms with Gasteiger partial charge in [0.25, 0.3) is 0 Å². The normalized spacial score (nSPS) is 11.7. The largest absolute Gasteiger partial charge is 0.306 e. The van der Waals surface area contributed by atoms with Crippen LogP contribution in [0.3, 0.4) is 0 Å². The Morgan fingerprint density at radius 1 is 0.241 bits per heavy atom. The zero-order valence-corrected chi connectivity index (χ0v) is 46.1. The first kappa shape index (κ1) is 50.3. The molecule has 0 saturated heterocycles. The summed E-state index contributed by atoms with van der Waals surface area (Å²) in [4.78, 5) is 37.3. The molecule has 10 aromatic carbocycles. The van der Waals surface area contributed by atoms with Crippen molar-refractivity contribution in [2.24, 2.45) is 0 Å². The molecule has 1 aliphatic heterocycles. The molecule has 4 heterocycles. The summed E-state index contributed by atoms with van der Waals surface area (Å²) in [6.07, 6.45) is 0. The molecule has 3 aromatic heterocycles. The molecule has 0 N–H and O–H groups in total. The van der Waals surface area contributed by atoms with Crippen molar-refractivity contribution < 1.29 is 0 Å². The van der Waals surface area contributed by atoms with Gasteiger partial charge < -0.3 is 4.90 Å². The van der Waals surface area contributed by atoms with Gasteiger partial charge in [-0.05, 0) is 97.6 Å². The quantitative estimate of drug-likeness (QED) is 0.127. The van der Waals surface area contributed by atoms with Crippen molar-refractivity contribution in [2.75, 3.05) is 9.80 Å². The van der Waals surface area contributed by atoms with Crippen molar-refractivity contribution in [1.82, 2.24) is 29.9 Å². The lowest BCUT2D eigenvalue weighted by atomic mass is 9.86. The predicted octanol–water partition coefficient (Wildman–Crippen LogP) is 19.2. The average molecular weight is 1070 g/mol. The molecule has 0 atom stereocenters. The number of hydrogen-bond donors (Lipinski definition) is 0. The summed E-state index contributed by atoms with van der Waals surface area (Å²) in [6.45, 7) is 6.61. The Bertz CT molecular complexity index is 4280. The highest BCUT2D eigenvalue weighted by molar-refractivity contribution is 6.05. The molecule has 0 spiro atoms. The van der Waals surface area contributed by atoms with Crippen LogP contribution in [0.4, 0.5) is 34.4 Å². The number of para-hydroxylation sites is 4. The van der Waals surface area contributed by atoms with E-state index in [1.54, 1.807) is 0 Å². The van der Waals surface area contributed by atoms with Crippen LogP contribution in [0.5, 0.6) is 0 Å². The maximum Gasteiger partial charge on any atom is 0.235 e. The minimum Gasteiger partial charge on any atom is -0.306 e. The minimum atomic E-state index is 0.551. The summed E-state index contributed by atoms with van der Waals surface area (Å²) in [6, 6.07) is 94.8. The van der Waals surface area contributed by atoms with Crippen LogP contribution in [-0.2, 0) is 0 Å². The van der Waals surface area contributed by atoms with Gasteiger partial charge in [0.2, 0.25) is 5.95 Å². The summed E-state index contributed by atoms with van der Waals surface area (Å²) >= 11 is 0. The van der Waals surface area contributed by atoms with Crippen molar-refractivity contribution in [3.05, 3.63) is 290 Å². The Kier molecular flexibility index (Phi) is 13.1. The summed E-state index contributed by atoms with van der Waals surface area (Å²) in [5, 5.41) is 0. The number of nitrogens with zero attached hydrogens (tertiary/aromatic N) is 8. The smallest absolute Gasteiger partial charge is 0.235 e. The van der Waals surface area contributed by atoms with Gasteiger partial charge in [-0.2, -0.15) is 0 Å². The Hall–Kier alpha value is -11.0. The number of rotatable bonds is 11. The van der Waals surface area contributed by atoms with Gasteiger partial charge in [0, 0.05) is 44.5 Å². The van der Waals surface area contributed by atoms with Gasteiger partial charge in [-0.1, -0.05) is 224 Å². The second kappa shape index (κ2) is 21.6. The average Bonchev–Trinajstić information content (AvgIpc) is 2.40. The number of aromatic nitrogens is 6. The Morgan fingerprint density at radius 2 is 0.554 bits per heavy atom. The van der Waals surface area contributed by atoms with Gasteiger partial charge >= 0.3 is 0 Å². The molecule has 83 heavy (non-hydrogen) atoms. The van der Waals surface area contributed by atoms with Crippen molar-refractivity contribution >= 4 is 34.4 Å². The van der Waals surface area contributed by atoms with E-state index >= 15 is 0 Å². The topological polar surface area (TPSA) is 83.8 Å². The van der Waals surface area contributed by atoms with E-state index in [4.69, 9.17) is 29.9 Å². The highest BCUT2D eigenvalue weighted by Gasteiger charge is 2.35. The molecule has 394 valence electrons. The molecule has 0 radical (unpaired) electrons. The minimum absolute atomic E-state index is 0.551. The van der Waals surface area contributed by atoms with Crippen molar-refractivity contribution in [1.29, 1.82) is 0 Å². The van der Waals surface area contributed by atoms with Gasteiger partial charge in [0.15, 0.2) is 11.6 Å². The number of aryl methyl sites for hydroxylation is 3. The van der Waals surface area contributed by atoms with E-state index < -0.39 is 0 Å². The molecule has 0 bridgehead atoms. The zero-order chi connectivity index (χ0) is 55.8. The lowest BCUT2D eigenvalue weighted by molar-refractivity contribution is 1.06. The first-order valence-electron chi connectivity index (χ1n) is 27.9. The van der Waals surface area contributed by atoms with Crippen LogP contribution in [-0.4, -0.2) is 29.9 Å². The maximum absolute atomic E-state index is 5.62. The highest BCUT2D eigenvalue weighted by atomic mass is 15.3. The summed E-state index contributed by atoms with van der Waals surface area (Å²) in [7, 11) is 0. The van der Waals surface area contributed by atoms with E-state index in [2.05, 4.69) is 243 Å². The van der Waals surface area contributed by atoms with Crippen LogP contribution >= 0.6 is 0 Å². The van der Waals surface area contributed by atoms with Crippen LogP contribution < -0.4 is 9.80 Å². The maximum atomic E-state index is 5.62. The summed E-state index contributed by atoms with van der Waals surface area (Å²) in [5.41, 5.74) is 22.6. The third-order valence-electron chi connectivity index (χ3n) is 15.3. The molecule has 8 nitrogen and oxygen atoms in total. The Balaban J connectivity index is 1.09. The van der Waals surface area contributed by atoms with E-state index in [1.165, 1.54) is 5.56 Å². The molecule has 8 heteroatoms. The Morgan fingerprint density at radius 3 is 0.952 bits per heavy atom. The zero-order valence-electron chi connectivity index (χ0n) is 46.1. The molecule has 1 aliphatic rings. The third-order valence-corrected chi connectivity index (χ3v) is 15.3. The number of anilines is 6. The SMILES string of the molecule is Cc1cc(C)c(-c2cc(N3c4ccccc4N(c4nc(-c5ccccc5)cc(-c5ccccc5)n4)c4ccccc43)c(-c3cc(-c4ccccc4)nc(-c4ccccc4)n3)cc2-c2cc(-c3ccccc3)nc(-c3ccccc3)n2)c(C)c1. The van der Waals surface area contributed by atoms with Gasteiger partial charge in [-0.3, -0.25) is 4.90 Å². The predicted molar refractivity (Wildman–Crippen MR) is 339 cm³/mol. The van der Waals surface area contributed by atoms with Crippen LogP contribution in [0.1, 0.15) is 16.7 Å². The molecule has 14 rings (SSSR count). The fourth-order valence-corrected chi connectivity index (χ4v) is 11.6. The first-order chi connectivity index (χ1) is 40.9. The fraction of sp³-hybridized carbons (Fsp3) is 0.0400. The van der Waals surface area contributed by atoms with Crippen LogP contribution in [0.2, 0.25) is 0 Å². The molecule has 0 saturated carbocycles. The summed E-state index contributed by atoms with van der Waals surface area (Å²) < 4.78 is 0. The van der Waals surface area contributed by atoms with Crippen molar-refractivity contribution in [3.63, 3.8) is 0 Å². The first-order valence-corrected chi connectivity index (χ1v) is 27.9.